The second kappa shape index (κ2) is 6.79. The van der Waals surface area contributed by atoms with Gasteiger partial charge in [-0.25, -0.2) is 9.97 Å². The molecule has 0 atom stereocenters. The van der Waals surface area contributed by atoms with Crippen LogP contribution >= 0.6 is 11.3 Å². The third kappa shape index (κ3) is 3.86. The molecular weight excluding hydrogens is 262 g/mol. The first-order valence-corrected chi connectivity index (χ1v) is 7.20. The van der Waals surface area contributed by atoms with Crippen molar-refractivity contribution >= 4 is 27.4 Å². The van der Waals surface area contributed by atoms with Crippen LogP contribution in [-0.2, 0) is 16.1 Å². The Labute approximate surface area is 117 Å². The second-order valence-corrected chi connectivity index (χ2v) is 5.24. The number of anilines is 1. The third-order valence-corrected chi connectivity index (χ3v) is 3.32. The van der Waals surface area contributed by atoms with E-state index < -0.39 is 0 Å². The van der Waals surface area contributed by atoms with Crippen molar-refractivity contribution in [2.75, 3.05) is 25.6 Å². The molecule has 0 aromatic carbocycles. The fourth-order valence-electron chi connectivity index (χ4n) is 1.66. The van der Waals surface area contributed by atoms with Gasteiger partial charge in [-0.15, -0.1) is 11.3 Å². The minimum atomic E-state index is 0.234. The monoisotopic (exact) mass is 281 g/mol. The van der Waals surface area contributed by atoms with Crippen molar-refractivity contribution in [3.8, 4) is 0 Å². The lowest BCUT2D eigenvalue weighted by atomic mass is 10.4. The molecule has 0 spiro atoms. The van der Waals surface area contributed by atoms with E-state index in [0.29, 0.717) is 25.6 Å². The van der Waals surface area contributed by atoms with Gasteiger partial charge in [0.1, 0.15) is 17.3 Å². The van der Waals surface area contributed by atoms with E-state index in [1.807, 2.05) is 32.3 Å². The van der Waals surface area contributed by atoms with Gasteiger partial charge in [-0.3, -0.25) is 0 Å². The van der Waals surface area contributed by atoms with Crippen molar-refractivity contribution in [3.63, 3.8) is 0 Å². The Hall–Kier alpha value is -1.24. The van der Waals surface area contributed by atoms with Crippen LogP contribution in [0.1, 0.15) is 19.7 Å². The number of hydrogen-bond acceptors (Lipinski definition) is 6. The average molecular weight is 281 g/mol. The Morgan fingerprint density at radius 2 is 2.16 bits per heavy atom. The molecule has 0 aliphatic carbocycles. The van der Waals surface area contributed by atoms with Gasteiger partial charge in [-0.2, -0.15) is 0 Å². The lowest BCUT2D eigenvalue weighted by Gasteiger charge is -2.08. The van der Waals surface area contributed by atoms with Crippen LogP contribution in [0, 0.1) is 0 Å². The number of aromatic nitrogens is 2. The zero-order valence-electron chi connectivity index (χ0n) is 11.5. The molecule has 0 radical (unpaired) electrons. The van der Waals surface area contributed by atoms with Crippen LogP contribution in [0.3, 0.4) is 0 Å². The van der Waals surface area contributed by atoms with Gasteiger partial charge in [0, 0.05) is 7.05 Å². The lowest BCUT2D eigenvalue weighted by Crippen LogP contribution is -2.10. The number of ether oxygens (including phenoxy) is 2. The Balaban J connectivity index is 1.93. The number of nitrogens with zero attached hydrogens (tertiary/aromatic N) is 2. The minimum Gasteiger partial charge on any atom is -0.376 e. The summed E-state index contributed by atoms with van der Waals surface area (Å²) in [5.74, 6) is 1.55. The fraction of sp³-hybridized carbons (Fsp3) is 0.538. The third-order valence-electron chi connectivity index (χ3n) is 2.52. The molecule has 2 heterocycles. The van der Waals surface area contributed by atoms with E-state index in [1.54, 1.807) is 11.3 Å². The maximum Gasteiger partial charge on any atom is 0.158 e. The van der Waals surface area contributed by atoms with Gasteiger partial charge in [0.2, 0.25) is 0 Å². The van der Waals surface area contributed by atoms with Gasteiger partial charge < -0.3 is 14.8 Å². The molecule has 19 heavy (non-hydrogen) atoms. The summed E-state index contributed by atoms with van der Waals surface area (Å²) in [5, 5.41) is 6.16. The van der Waals surface area contributed by atoms with Crippen molar-refractivity contribution in [1.82, 2.24) is 9.97 Å². The van der Waals surface area contributed by atoms with Crippen molar-refractivity contribution in [2.45, 2.75) is 26.6 Å². The van der Waals surface area contributed by atoms with Gasteiger partial charge in [0.15, 0.2) is 5.82 Å². The van der Waals surface area contributed by atoms with E-state index in [4.69, 9.17) is 9.47 Å². The molecule has 0 saturated carbocycles. The topological polar surface area (TPSA) is 56.3 Å². The first-order valence-electron chi connectivity index (χ1n) is 6.32. The fourth-order valence-corrected chi connectivity index (χ4v) is 2.44. The molecule has 0 bridgehead atoms. The van der Waals surface area contributed by atoms with E-state index >= 15 is 0 Å². The number of thiophene rings is 1. The second-order valence-electron chi connectivity index (χ2n) is 4.35. The molecule has 6 heteroatoms. The van der Waals surface area contributed by atoms with E-state index in [0.717, 1.165) is 16.0 Å². The highest BCUT2D eigenvalue weighted by molar-refractivity contribution is 7.16. The summed E-state index contributed by atoms with van der Waals surface area (Å²) in [4.78, 5) is 9.90. The number of fused-ring (bicyclic) bond motifs is 1. The first kappa shape index (κ1) is 14.2. The summed E-state index contributed by atoms with van der Waals surface area (Å²) >= 11 is 1.61. The van der Waals surface area contributed by atoms with Crippen LogP contribution in [-0.4, -0.2) is 36.3 Å². The molecule has 0 unspecified atom stereocenters. The Kier molecular flexibility index (Phi) is 5.07. The predicted octanol–water partition coefficient (Wildman–Crippen LogP) is 2.67. The van der Waals surface area contributed by atoms with Gasteiger partial charge in [0.25, 0.3) is 0 Å². The molecule has 2 aromatic rings. The average Bonchev–Trinajstić information content (AvgIpc) is 2.85. The Morgan fingerprint density at radius 3 is 2.89 bits per heavy atom. The molecule has 0 aliphatic rings. The number of nitrogens with one attached hydrogen (secondary N) is 1. The van der Waals surface area contributed by atoms with E-state index in [2.05, 4.69) is 15.3 Å². The molecule has 104 valence electrons. The van der Waals surface area contributed by atoms with Gasteiger partial charge >= 0.3 is 0 Å². The van der Waals surface area contributed by atoms with Crippen molar-refractivity contribution in [1.29, 1.82) is 0 Å². The highest BCUT2D eigenvalue weighted by Crippen LogP contribution is 2.24. The van der Waals surface area contributed by atoms with E-state index in [9.17, 15) is 0 Å². The SMILES string of the molecule is CNc1nc(COCCOC(C)C)nc2sccc12. The van der Waals surface area contributed by atoms with Crippen LogP contribution in [0.25, 0.3) is 10.2 Å². The van der Waals surface area contributed by atoms with E-state index in [1.165, 1.54) is 0 Å². The lowest BCUT2D eigenvalue weighted by molar-refractivity contribution is 0.0128. The maximum atomic E-state index is 5.52. The standard InChI is InChI=1S/C13H19N3O2S/c1-9(2)18-6-5-17-8-11-15-12(14-3)10-4-7-19-13(10)16-11/h4,7,9H,5-6,8H2,1-3H3,(H,14,15,16). The predicted molar refractivity (Wildman–Crippen MR) is 77.7 cm³/mol. The number of rotatable bonds is 7. The van der Waals surface area contributed by atoms with Crippen molar-refractivity contribution in [3.05, 3.63) is 17.3 Å². The van der Waals surface area contributed by atoms with Crippen LogP contribution in [0.4, 0.5) is 5.82 Å². The minimum absolute atomic E-state index is 0.234. The van der Waals surface area contributed by atoms with Gasteiger partial charge in [0.05, 0.1) is 24.7 Å². The Bertz CT molecular complexity index is 528. The van der Waals surface area contributed by atoms with E-state index in [-0.39, 0.29) is 6.10 Å². The molecule has 5 nitrogen and oxygen atoms in total. The normalized spacial score (nSPS) is 11.4. The summed E-state index contributed by atoms with van der Waals surface area (Å²) in [5.41, 5.74) is 0. The largest absolute Gasteiger partial charge is 0.376 e. The highest BCUT2D eigenvalue weighted by atomic mass is 32.1. The van der Waals surface area contributed by atoms with Crippen LogP contribution in [0.5, 0.6) is 0 Å². The molecule has 0 amide bonds. The Morgan fingerprint density at radius 1 is 1.32 bits per heavy atom. The zero-order chi connectivity index (χ0) is 13.7. The first-order chi connectivity index (χ1) is 9.20. The van der Waals surface area contributed by atoms with Crippen molar-refractivity contribution in [2.24, 2.45) is 0 Å². The maximum absolute atomic E-state index is 5.52. The molecule has 2 aromatic heterocycles. The quantitative estimate of drug-likeness (QED) is 0.791. The highest BCUT2D eigenvalue weighted by Gasteiger charge is 2.07. The van der Waals surface area contributed by atoms with Gasteiger partial charge in [-0.05, 0) is 25.3 Å². The van der Waals surface area contributed by atoms with Gasteiger partial charge in [-0.1, -0.05) is 0 Å². The molecule has 2 rings (SSSR count). The summed E-state index contributed by atoms with van der Waals surface area (Å²) in [6.07, 6.45) is 0.234. The van der Waals surface area contributed by atoms with Crippen LogP contribution < -0.4 is 5.32 Å². The summed E-state index contributed by atoms with van der Waals surface area (Å²) < 4.78 is 10.9. The van der Waals surface area contributed by atoms with Crippen LogP contribution in [0.15, 0.2) is 11.4 Å². The molecule has 0 fully saturated rings. The summed E-state index contributed by atoms with van der Waals surface area (Å²) in [7, 11) is 1.86. The summed E-state index contributed by atoms with van der Waals surface area (Å²) in [6.45, 7) is 5.57. The van der Waals surface area contributed by atoms with Crippen molar-refractivity contribution < 1.29 is 9.47 Å². The zero-order valence-corrected chi connectivity index (χ0v) is 12.3. The molecule has 1 N–H and O–H groups in total. The smallest absolute Gasteiger partial charge is 0.158 e. The molecule has 0 aliphatic heterocycles. The molecular formula is C13H19N3O2S. The van der Waals surface area contributed by atoms with Crippen LogP contribution in [0.2, 0.25) is 0 Å². The molecule has 0 saturated heterocycles. The summed E-state index contributed by atoms with van der Waals surface area (Å²) in [6, 6.07) is 2.02. The number of hydrogen-bond donors (Lipinski definition) is 1.